The molecule has 0 spiro atoms. The highest BCUT2D eigenvalue weighted by molar-refractivity contribution is 7.13. The molecule has 1 fully saturated rings. The Morgan fingerprint density at radius 2 is 2.48 bits per heavy atom. The second kappa shape index (κ2) is 6.19. The molecule has 1 amide bonds. The first-order valence-electron chi connectivity index (χ1n) is 6.77. The Hall–Kier alpha value is -1.99. The molecule has 1 aliphatic heterocycles. The van der Waals surface area contributed by atoms with E-state index in [1.54, 1.807) is 6.07 Å². The molecule has 3 rings (SSSR count). The van der Waals surface area contributed by atoms with Crippen LogP contribution in [0.3, 0.4) is 0 Å². The predicted molar refractivity (Wildman–Crippen MR) is 79.5 cm³/mol. The molecule has 1 atom stereocenters. The minimum atomic E-state index is -0.525. The van der Waals surface area contributed by atoms with E-state index < -0.39 is 5.69 Å². The number of aromatic nitrogens is 2. The Labute approximate surface area is 125 Å². The van der Waals surface area contributed by atoms with Crippen LogP contribution >= 0.6 is 11.3 Å². The topological polar surface area (TPSA) is 84.1 Å². The number of carbonyl (C=O) groups excluding carboxylic acids is 1. The number of aromatic amines is 1. The van der Waals surface area contributed by atoms with Gasteiger partial charge in [-0.05, 0) is 30.4 Å². The summed E-state index contributed by atoms with van der Waals surface area (Å²) in [6.45, 7) is 1.19. The Morgan fingerprint density at radius 3 is 3.19 bits per heavy atom. The molecule has 0 radical (unpaired) electrons. The van der Waals surface area contributed by atoms with Crippen molar-refractivity contribution in [3.8, 4) is 10.6 Å². The molecule has 2 N–H and O–H groups in total. The van der Waals surface area contributed by atoms with E-state index in [-0.39, 0.29) is 17.7 Å². The van der Waals surface area contributed by atoms with E-state index in [1.807, 2.05) is 17.5 Å². The Kier molecular flexibility index (Phi) is 4.12. The highest BCUT2D eigenvalue weighted by atomic mass is 32.1. The van der Waals surface area contributed by atoms with Crippen LogP contribution in [-0.4, -0.2) is 35.1 Å². The minimum Gasteiger partial charge on any atom is -0.376 e. The monoisotopic (exact) mass is 305 g/mol. The number of thiophene rings is 1. The summed E-state index contributed by atoms with van der Waals surface area (Å²) in [5, 5.41) is 4.67. The molecule has 0 aromatic carbocycles. The lowest BCUT2D eigenvalue weighted by atomic mass is 10.2. The molecule has 1 saturated heterocycles. The Morgan fingerprint density at radius 1 is 1.57 bits per heavy atom. The molecular formula is C14H15N3O3S. The van der Waals surface area contributed by atoms with Gasteiger partial charge >= 0.3 is 5.69 Å². The number of H-pyrrole nitrogens is 1. The van der Waals surface area contributed by atoms with E-state index in [4.69, 9.17) is 4.74 Å². The minimum absolute atomic E-state index is 0.0627. The number of nitrogens with zero attached hydrogens (tertiary/aromatic N) is 1. The van der Waals surface area contributed by atoms with E-state index in [9.17, 15) is 9.59 Å². The number of carbonyl (C=O) groups is 1. The summed E-state index contributed by atoms with van der Waals surface area (Å²) >= 11 is 1.49. The average Bonchev–Trinajstić information content (AvgIpc) is 3.17. The molecule has 7 heteroatoms. The fourth-order valence-corrected chi connectivity index (χ4v) is 2.94. The van der Waals surface area contributed by atoms with Gasteiger partial charge in [-0.1, -0.05) is 6.07 Å². The molecule has 0 saturated carbocycles. The largest absolute Gasteiger partial charge is 0.376 e. The SMILES string of the molecule is O=C(NCC1CCCO1)c1cc(-c2cccs2)[nH]c(=O)n1. The average molecular weight is 305 g/mol. The van der Waals surface area contributed by atoms with Crippen molar-refractivity contribution in [2.45, 2.75) is 18.9 Å². The molecule has 21 heavy (non-hydrogen) atoms. The highest BCUT2D eigenvalue weighted by Gasteiger charge is 2.18. The zero-order chi connectivity index (χ0) is 14.7. The van der Waals surface area contributed by atoms with Gasteiger partial charge in [0.1, 0.15) is 5.69 Å². The summed E-state index contributed by atoms with van der Waals surface area (Å²) in [6, 6.07) is 5.36. The van der Waals surface area contributed by atoms with Gasteiger partial charge in [-0.3, -0.25) is 4.79 Å². The van der Waals surface area contributed by atoms with Crippen LogP contribution in [0, 0.1) is 0 Å². The molecule has 6 nitrogen and oxygen atoms in total. The third-order valence-electron chi connectivity index (χ3n) is 3.28. The van der Waals surface area contributed by atoms with Gasteiger partial charge < -0.3 is 15.0 Å². The van der Waals surface area contributed by atoms with E-state index in [0.717, 1.165) is 24.3 Å². The fourth-order valence-electron chi connectivity index (χ4n) is 2.24. The van der Waals surface area contributed by atoms with Gasteiger partial charge in [-0.2, -0.15) is 4.98 Å². The quantitative estimate of drug-likeness (QED) is 0.894. The maximum absolute atomic E-state index is 12.1. The number of hydrogen-bond donors (Lipinski definition) is 2. The zero-order valence-electron chi connectivity index (χ0n) is 11.3. The van der Waals surface area contributed by atoms with Crippen molar-refractivity contribution < 1.29 is 9.53 Å². The zero-order valence-corrected chi connectivity index (χ0v) is 12.1. The summed E-state index contributed by atoms with van der Waals surface area (Å²) in [5.74, 6) is -0.352. The maximum atomic E-state index is 12.1. The molecule has 0 bridgehead atoms. The second-order valence-corrected chi connectivity index (χ2v) is 5.76. The summed E-state index contributed by atoms with van der Waals surface area (Å²) in [6.07, 6.45) is 2.03. The van der Waals surface area contributed by atoms with Crippen molar-refractivity contribution in [2.75, 3.05) is 13.2 Å². The molecule has 0 aliphatic carbocycles. The summed E-state index contributed by atoms with van der Waals surface area (Å²) in [7, 11) is 0. The van der Waals surface area contributed by atoms with Gasteiger partial charge in [0.05, 0.1) is 16.7 Å². The fraction of sp³-hybridized carbons (Fsp3) is 0.357. The first kappa shape index (κ1) is 14.0. The van der Waals surface area contributed by atoms with Crippen LogP contribution in [0.4, 0.5) is 0 Å². The van der Waals surface area contributed by atoms with Gasteiger partial charge in [0, 0.05) is 13.2 Å². The van der Waals surface area contributed by atoms with Crippen molar-refractivity contribution in [3.63, 3.8) is 0 Å². The summed E-state index contributed by atoms with van der Waals surface area (Å²) < 4.78 is 5.44. The van der Waals surface area contributed by atoms with Crippen LogP contribution in [0.2, 0.25) is 0 Å². The van der Waals surface area contributed by atoms with Gasteiger partial charge in [0.15, 0.2) is 0 Å². The van der Waals surface area contributed by atoms with Crippen molar-refractivity contribution in [1.29, 1.82) is 0 Å². The van der Waals surface area contributed by atoms with Crippen LogP contribution in [0.15, 0.2) is 28.4 Å². The molecule has 2 aromatic heterocycles. The summed E-state index contributed by atoms with van der Waals surface area (Å²) in [5.41, 5.74) is 0.204. The second-order valence-electron chi connectivity index (χ2n) is 4.81. The molecule has 1 unspecified atom stereocenters. The molecule has 1 aliphatic rings. The normalized spacial score (nSPS) is 17.8. The van der Waals surface area contributed by atoms with Gasteiger partial charge in [0.2, 0.25) is 0 Å². The third-order valence-corrected chi connectivity index (χ3v) is 4.18. The van der Waals surface area contributed by atoms with Crippen molar-refractivity contribution in [2.24, 2.45) is 0 Å². The van der Waals surface area contributed by atoms with Crippen LogP contribution in [0.1, 0.15) is 23.3 Å². The number of ether oxygens (including phenoxy) is 1. The van der Waals surface area contributed by atoms with Gasteiger partial charge in [0.25, 0.3) is 5.91 Å². The maximum Gasteiger partial charge on any atom is 0.346 e. The molecular weight excluding hydrogens is 290 g/mol. The predicted octanol–water partition coefficient (Wildman–Crippen LogP) is 1.41. The third kappa shape index (κ3) is 3.37. The standard InChI is InChI=1S/C14H15N3O3S/c18-13(15-8-9-3-1-5-20-9)11-7-10(16-14(19)17-11)12-4-2-6-21-12/h2,4,6-7,9H,1,3,5,8H2,(H,15,18)(H,16,17,19). The highest BCUT2D eigenvalue weighted by Crippen LogP contribution is 2.21. The first-order valence-corrected chi connectivity index (χ1v) is 7.65. The van der Waals surface area contributed by atoms with Gasteiger partial charge in [-0.25, -0.2) is 4.79 Å². The van der Waals surface area contributed by atoms with Crippen molar-refractivity contribution in [3.05, 3.63) is 39.8 Å². The molecule has 110 valence electrons. The van der Waals surface area contributed by atoms with Crippen molar-refractivity contribution >= 4 is 17.2 Å². The smallest absolute Gasteiger partial charge is 0.346 e. The van der Waals surface area contributed by atoms with Crippen LogP contribution in [-0.2, 0) is 4.74 Å². The van der Waals surface area contributed by atoms with E-state index in [2.05, 4.69) is 15.3 Å². The van der Waals surface area contributed by atoms with Crippen molar-refractivity contribution in [1.82, 2.24) is 15.3 Å². The lowest BCUT2D eigenvalue weighted by molar-refractivity contribution is 0.0853. The van der Waals surface area contributed by atoms with Crippen LogP contribution in [0.5, 0.6) is 0 Å². The lowest BCUT2D eigenvalue weighted by Gasteiger charge is -2.10. The number of rotatable bonds is 4. The van der Waals surface area contributed by atoms with E-state index in [1.165, 1.54) is 11.3 Å². The lowest BCUT2D eigenvalue weighted by Crippen LogP contribution is -2.33. The molecule has 3 heterocycles. The first-order chi connectivity index (χ1) is 10.2. The van der Waals surface area contributed by atoms with Gasteiger partial charge in [-0.15, -0.1) is 11.3 Å². The van der Waals surface area contributed by atoms with E-state index >= 15 is 0 Å². The van der Waals surface area contributed by atoms with Crippen LogP contribution < -0.4 is 11.0 Å². The molecule has 2 aromatic rings. The van der Waals surface area contributed by atoms with Crippen LogP contribution in [0.25, 0.3) is 10.6 Å². The number of hydrogen-bond acceptors (Lipinski definition) is 5. The summed E-state index contributed by atoms with van der Waals surface area (Å²) in [4.78, 5) is 31.0. The number of nitrogens with one attached hydrogen (secondary N) is 2. The Bertz CT molecular complexity index is 675. The Balaban J connectivity index is 1.75. The van der Waals surface area contributed by atoms with E-state index in [0.29, 0.717) is 12.2 Å². The number of amides is 1.